The SMILES string of the molecule is CC/C=C\C/C=C\C/C=C\C/C=C\CCCCC(=O)OC[C@@H](COC(=O)CCCCCCC/C=C\C/C=C\CCCC)OC(=O)CCCCCCC/C=C\C/C=C\C/C=C\CC. The van der Waals surface area contributed by atoms with E-state index in [0.717, 1.165) is 141 Å². The lowest BCUT2D eigenvalue weighted by Crippen LogP contribution is -2.30. The molecule has 0 fully saturated rings. The Morgan fingerprint density at radius 2 is 0.629 bits per heavy atom. The number of hydrogen-bond acceptors (Lipinski definition) is 6. The molecule has 1 atom stereocenters. The van der Waals surface area contributed by atoms with Crippen molar-refractivity contribution in [1.82, 2.24) is 0 Å². The molecule has 0 unspecified atom stereocenters. The third-order valence-electron chi connectivity index (χ3n) is 9.99. The molecular formula is C56H90O6. The zero-order chi connectivity index (χ0) is 45.1. The largest absolute Gasteiger partial charge is 0.462 e. The molecule has 350 valence electrons. The van der Waals surface area contributed by atoms with Crippen molar-refractivity contribution in [3.05, 3.63) is 109 Å². The van der Waals surface area contributed by atoms with Crippen molar-refractivity contribution in [3.8, 4) is 0 Å². The third-order valence-corrected chi connectivity index (χ3v) is 9.99. The number of rotatable bonds is 43. The van der Waals surface area contributed by atoms with Gasteiger partial charge in [0.15, 0.2) is 6.10 Å². The van der Waals surface area contributed by atoms with E-state index in [0.29, 0.717) is 25.7 Å². The molecule has 0 rings (SSSR count). The van der Waals surface area contributed by atoms with Gasteiger partial charge in [0.2, 0.25) is 0 Å². The van der Waals surface area contributed by atoms with E-state index in [1.54, 1.807) is 0 Å². The van der Waals surface area contributed by atoms with Crippen LogP contribution in [0.15, 0.2) is 109 Å². The molecule has 0 aliphatic carbocycles. The van der Waals surface area contributed by atoms with Crippen molar-refractivity contribution in [3.63, 3.8) is 0 Å². The number of carbonyl (C=O) groups is 3. The van der Waals surface area contributed by atoms with Gasteiger partial charge in [-0.05, 0) is 116 Å². The molecule has 6 heteroatoms. The second kappa shape index (κ2) is 49.7. The molecular weight excluding hydrogens is 769 g/mol. The predicted molar refractivity (Wildman–Crippen MR) is 265 cm³/mol. The molecule has 62 heavy (non-hydrogen) atoms. The minimum Gasteiger partial charge on any atom is -0.462 e. The Labute approximate surface area is 380 Å². The van der Waals surface area contributed by atoms with Crippen molar-refractivity contribution < 1.29 is 28.6 Å². The summed E-state index contributed by atoms with van der Waals surface area (Å²) in [6.45, 7) is 6.29. The van der Waals surface area contributed by atoms with Crippen LogP contribution in [-0.4, -0.2) is 37.2 Å². The van der Waals surface area contributed by atoms with Gasteiger partial charge in [-0.25, -0.2) is 0 Å². The van der Waals surface area contributed by atoms with Crippen molar-refractivity contribution >= 4 is 17.9 Å². The Kier molecular flexibility index (Phi) is 46.6. The first kappa shape index (κ1) is 58.1. The van der Waals surface area contributed by atoms with Crippen LogP contribution in [0.25, 0.3) is 0 Å². The van der Waals surface area contributed by atoms with Gasteiger partial charge < -0.3 is 14.2 Å². The Morgan fingerprint density at radius 3 is 1.02 bits per heavy atom. The van der Waals surface area contributed by atoms with Crippen LogP contribution < -0.4 is 0 Å². The Morgan fingerprint density at radius 1 is 0.339 bits per heavy atom. The van der Waals surface area contributed by atoms with Gasteiger partial charge in [-0.15, -0.1) is 0 Å². The Bertz CT molecular complexity index is 1310. The van der Waals surface area contributed by atoms with Gasteiger partial charge in [0.05, 0.1) is 0 Å². The fourth-order valence-corrected chi connectivity index (χ4v) is 6.29. The Balaban J connectivity index is 4.53. The number of unbranched alkanes of at least 4 members (excludes halogenated alkanes) is 14. The van der Waals surface area contributed by atoms with Gasteiger partial charge in [0.1, 0.15) is 13.2 Å². The molecule has 0 N–H and O–H groups in total. The maximum Gasteiger partial charge on any atom is 0.306 e. The van der Waals surface area contributed by atoms with Gasteiger partial charge >= 0.3 is 17.9 Å². The number of ether oxygens (including phenoxy) is 3. The third kappa shape index (κ3) is 47.1. The highest BCUT2D eigenvalue weighted by Crippen LogP contribution is 2.12. The quantitative estimate of drug-likeness (QED) is 0.0263. The highest BCUT2D eigenvalue weighted by atomic mass is 16.6. The monoisotopic (exact) mass is 859 g/mol. The molecule has 0 spiro atoms. The van der Waals surface area contributed by atoms with E-state index < -0.39 is 6.10 Å². The summed E-state index contributed by atoms with van der Waals surface area (Å²) in [7, 11) is 0. The molecule has 0 aliphatic heterocycles. The van der Waals surface area contributed by atoms with Crippen LogP contribution in [0.4, 0.5) is 0 Å². The molecule has 0 aromatic rings. The van der Waals surface area contributed by atoms with Gasteiger partial charge in [-0.2, -0.15) is 0 Å². The second-order valence-electron chi connectivity index (χ2n) is 16.0. The summed E-state index contributed by atoms with van der Waals surface area (Å²) in [6, 6.07) is 0. The minimum absolute atomic E-state index is 0.108. The first-order chi connectivity index (χ1) is 30.5. The van der Waals surface area contributed by atoms with E-state index >= 15 is 0 Å². The smallest absolute Gasteiger partial charge is 0.306 e. The zero-order valence-electron chi connectivity index (χ0n) is 39.8. The fourth-order valence-electron chi connectivity index (χ4n) is 6.29. The maximum atomic E-state index is 12.8. The summed E-state index contributed by atoms with van der Waals surface area (Å²) in [5, 5.41) is 0. The number of carbonyl (C=O) groups excluding carboxylic acids is 3. The number of esters is 3. The summed E-state index contributed by atoms with van der Waals surface area (Å²) in [6.07, 6.45) is 66.4. The van der Waals surface area contributed by atoms with Gasteiger partial charge in [-0.3, -0.25) is 14.4 Å². The predicted octanol–water partition coefficient (Wildman–Crippen LogP) is 16.4. The number of allylic oxidation sites excluding steroid dienone is 18. The van der Waals surface area contributed by atoms with Crippen LogP contribution in [0.2, 0.25) is 0 Å². The van der Waals surface area contributed by atoms with Crippen molar-refractivity contribution in [2.24, 2.45) is 0 Å². The highest BCUT2D eigenvalue weighted by molar-refractivity contribution is 5.71. The van der Waals surface area contributed by atoms with Crippen LogP contribution >= 0.6 is 0 Å². The lowest BCUT2D eigenvalue weighted by molar-refractivity contribution is -0.167. The van der Waals surface area contributed by atoms with Crippen molar-refractivity contribution in [2.75, 3.05) is 13.2 Å². The van der Waals surface area contributed by atoms with E-state index in [9.17, 15) is 14.4 Å². The molecule has 0 heterocycles. The molecule has 0 radical (unpaired) electrons. The van der Waals surface area contributed by atoms with Gasteiger partial charge in [-0.1, -0.05) is 182 Å². The summed E-state index contributed by atoms with van der Waals surface area (Å²) in [5.41, 5.74) is 0. The van der Waals surface area contributed by atoms with E-state index in [2.05, 4.69) is 130 Å². The summed E-state index contributed by atoms with van der Waals surface area (Å²) >= 11 is 0. The van der Waals surface area contributed by atoms with Crippen LogP contribution in [-0.2, 0) is 28.6 Å². The normalized spacial score (nSPS) is 13.0. The molecule has 0 amide bonds. The van der Waals surface area contributed by atoms with E-state index in [4.69, 9.17) is 14.2 Å². The van der Waals surface area contributed by atoms with Crippen LogP contribution in [0, 0.1) is 0 Å². The second-order valence-corrected chi connectivity index (χ2v) is 16.0. The molecule has 0 saturated carbocycles. The zero-order valence-corrected chi connectivity index (χ0v) is 39.8. The maximum absolute atomic E-state index is 12.8. The average Bonchev–Trinajstić information content (AvgIpc) is 3.27. The summed E-state index contributed by atoms with van der Waals surface area (Å²) in [4.78, 5) is 37.9. The molecule has 0 aliphatic rings. The first-order valence-electron chi connectivity index (χ1n) is 24.9. The average molecular weight is 859 g/mol. The van der Waals surface area contributed by atoms with Crippen LogP contribution in [0.3, 0.4) is 0 Å². The Hall–Kier alpha value is -3.93. The fraction of sp³-hybridized carbons (Fsp3) is 0.625. The van der Waals surface area contributed by atoms with Crippen molar-refractivity contribution in [1.29, 1.82) is 0 Å². The summed E-state index contributed by atoms with van der Waals surface area (Å²) < 4.78 is 16.7. The van der Waals surface area contributed by atoms with E-state index in [1.807, 2.05) is 0 Å². The van der Waals surface area contributed by atoms with E-state index in [1.165, 1.54) is 19.3 Å². The van der Waals surface area contributed by atoms with Crippen molar-refractivity contribution in [2.45, 2.75) is 213 Å². The standard InChI is InChI=1S/C56H90O6/c1-4-7-10-13-16-19-22-25-28-31-34-37-40-43-46-49-55(58)61-52-53(51-60-54(57)48-45-42-39-36-33-30-27-24-21-18-15-12-9-6-3)62-56(59)50-47-44-41-38-35-32-29-26-23-20-17-14-11-8-5-2/h7-8,10-11,15-20,24-29,34,37,53H,4-6,9,12-14,21-23,30-33,35-36,38-52H2,1-3H3/b10-7-,11-8-,18-15-,19-16-,20-17-,27-24-,28-25-,29-26-,37-34-/t53-/m1/s1. The molecule has 6 nitrogen and oxygen atoms in total. The van der Waals surface area contributed by atoms with Crippen LogP contribution in [0.5, 0.6) is 0 Å². The topological polar surface area (TPSA) is 78.9 Å². The summed E-state index contributed by atoms with van der Waals surface area (Å²) in [5.74, 6) is -0.989. The highest BCUT2D eigenvalue weighted by Gasteiger charge is 2.19. The molecule has 0 aromatic carbocycles. The van der Waals surface area contributed by atoms with Gasteiger partial charge in [0, 0.05) is 19.3 Å². The van der Waals surface area contributed by atoms with E-state index in [-0.39, 0.29) is 31.1 Å². The molecule has 0 aromatic heterocycles. The first-order valence-corrected chi connectivity index (χ1v) is 24.9. The lowest BCUT2D eigenvalue weighted by atomic mass is 10.1. The van der Waals surface area contributed by atoms with Crippen LogP contribution in [0.1, 0.15) is 207 Å². The molecule has 0 bridgehead atoms. The number of hydrogen-bond donors (Lipinski definition) is 0. The lowest BCUT2D eigenvalue weighted by Gasteiger charge is -2.18. The van der Waals surface area contributed by atoms with Gasteiger partial charge in [0.25, 0.3) is 0 Å². The minimum atomic E-state index is -0.811. The molecule has 0 saturated heterocycles.